The van der Waals surface area contributed by atoms with E-state index >= 15 is 0 Å². The van der Waals surface area contributed by atoms with Crippen LogP contribution in [0, 0.1) is 6.92 Å². The second-order valence-corrected chi connectivity index (χ2v) is 8.17. The van der Waals surface area contributed by atoms with Crippen LogP contribution in [0.2, 0.25) is 0 Å². The molecular weight excluding hydrogens is 414 g/mol. The highest BCUT2D eigenvalue weighted by Gasteiger charge is 2.23. The molecule has 33 heavy (non-hydrogen) atoms. The van der Waals surface area contributed by atoms with Gasteiger partial charge in [0.2, 0.25) is 5.90 Å². The Kier molecular flexibility index (Phi) is 6.89. The van der Waals surface area contributed by atoms with Gasteiger partial charge in [0.15, 0.2) is 5.70 Å². The van der Waals surface area contributed by atoms with Gasteiger partial charge in [-0.2, -0.15) is 0 Å². The molecule has 168 valence electrons. The molecule has 0 amide bonds. The van der Waals surface area contributed by atoms with Crippen LogP contribution in [0.5, 0.6) is 11.5 Å². The maximum Gasteiger partial charge on any atom is 0.363 e. The summed E-state index contributed by atoms with van der Waals surface area (Å²) in [4.78, 5) is 16.6. The van der Waals surface area contributed by atoms with E-state index in [1.807, 2.05) is 54.6 Å². The first kappa shape index (κ1) is 22.3. The standard InChI is InChI=1S/C28H27NO4/c1-19(2)24-13-12-20(3)16-26(24)32-15-14-31-23-11-7-8-21(17-23)18-25-28(30)33-27(29-25)22-9-5-4-6-10-22/h4-13,16-19H,14-15H2,1-3H3/b25-18+. The molecule has 3 aromatic rings. The Morgan fingerprint density at radius 2 is 1.73 bits per heavy atom. The molecule has 0 unspecified atom stereocenters. The molecule has 3 aromatic carbocycles. The summed E-state index contributed by atoms with van der Waals surface area (Å²) in [5.74, 6) is 1.83. The molecule has 4 rings (SSSR count). The maximum atomic E-state index is 12.2. The van der Waals surface area contributed by atoms with Crippen molar-refractivity contribution in [3.05, 3.63) is 101 Å². The average molecular weight is 442 g/mol. The lowest BCUT2D eigenvalue weighted by molar-refractivity contribution is -0.129. The minimum Gasteiger partial charge on any atom is -0.490 e. The summed E-state index contributed by atoms with van der Waals surface area (Å²) in [6.07, 6.45) is 1.70. The summed E-state index contributed by atoms with van der Waals surface area (Å²) in [5.41, 5.74) is 4.18. The first-order valence-corrected chi connectivity index (χ1v) is 11.0. The van der Waals surface area contributed by atoms with Crippen molar-refractivity contribution in [2.24, 2.45) is 4.99 Å². The van der Waals surface area contributed by atoms with Crippen LogP contribution in [0.1, 0.15) is 42.0 Å². The van der Waals surface area contributed by atoms with E-state index in [9.17, 15) is 4.79 Å². The third-order valence-corrected chi connectivity index (χ3v) is 5.20. The number of hydrogen-bond acceptors (Lipinski definition) is 5. The summed E-state index contributed by atoms with van der Waals surface area (Å²) in [7, 11) is 0. The lowest BCUT2D eigenvalue weighted by Crippen LogP contribution is -2.10. The van der Waals surface area contributed by atoms with Crippen molar-refractivity contribution in [3.63, 3.8) is 0 Å². The van der Waals surface area contributed by atoms with Crippen molar-refractivity contribution in [1.29, 1.82) is 0 Å². The third-order valence-electron chi connectivity index (χ3n) is 5.20. The molecule has 0 radical (unpaired) electrons. The number of rotatable bonds is 8. The highest BCUT2D eigenvalue weighted by Crippen LogP contribution is 2.27. The monoisotopic (exact) mass is 441 g/mol. The predicted octanol–water partition coefficient (Wildman–Crippen LogP) is 5.92. The van der Waals surface area contributed by atoms with E-state index in [0.29, 0.717) is 30.8 Å². The zero-order valence-corrected chi connectivity index (χ0v) is 19.1. The quantitative estimate of drug-likeness (QED) is 0.247. The summed E-state index contributed by atoms with van der Waals surface area (Å²) >= 11 is 0. The zero-order valence-electron chi connectivity index (χ0n) is 19.1. The van der Waals surface area contributed by atoms with E-state index in [1.165, 1.54) is 11.1 Å². The van der Waals surface area contributed by atoms with E-state index in [4.69, 9.17) is 14.2 Å². The Labute approximate surface area is 194 Å². The number of esters is 1. The maximum absolute atomic E-state index is 12.2. The number of aliphatic imine (C=N–C) groups is 1. The molecule has 1 heterocycles. The molecule has 0 fully saturated rings. The number of benzene rings is 3. The van der Waals surface area contributed by atoms with Crippen LogP contribution in [-0.2, 0) is 9.53 Å². The van der Waals surface area contributed by atoms with Gasteiger partial charge >= 0.3 is 5.97 Å². The molecule has 0 saturated carbocycles. The van der Waals surface area contributed by atoms with Crippen molar-refractivity contribution in [1.82, 2.24) is 0 Å². The van der Waals surface area contributed by atoms with Gasteiger partial charge < -0.3 is 14.2 Å². The number of nitrogens with zero attached hydrogens (tertiary/aromatic N) is 1. The fourth-order valence-corrected chi connectivity index (χ4v) is 3.52. The summed E-state index contributed by atoms with van der Waals surface area (Å²) in [6, 6.07) is 23.1. The lowest BCUT2D eigenvalue weighted by Gasteiger charge is -2.15. The smallest absolute Gasteiger partial charge is 0.363 e. The van der Waals surface area contributed by atoms with Crippen molar-refractivity contribution < 1.29 is 19.0 Å². The Morgan fingerprint density at radius 3 is 2.52 bits per heavy atom. The minimum absolute atomic E-state index is 0.259. The Morgan fingerprint density at radius 1 is 0.939 bits per heavy atom. The van der Waals surface area contributed by atoms with Gasteiger partial charge in [0.1, 0.15) is 24.7 Å². The molecule has 0 saturated heterocycles. The second-order valence-electron chi connectivity index (χ2n) is 8.17. The Hall–Kier alpha value is -3.86. The fourth-order valence-electron chi connectivity index (χ4n) is 3.52. The van der Waals surface area contributed by atoms with Crippen LogP contribution < -0.4 is 9.47 Å². The van der Waals surface area contributed by atoms with Gasteiger partial charge in [-0.25, -0.2) is 9.79 Å². The van der Waals surface area contributed by atoms with Gasteiger partial charge in [0, 0.05) is 5.56 Å². The van der Waals surface area contributed by atoms with Crippen LogP contribution in [0.3, 0.4) is 0 Å². The molecule has 1 aliphatic heterocycles. The van der Waals surface area contributed by atoms with Crippen LogP contribution in [-0.4, -0.2) is 25.1 Å². The molecule has 0 atom stereocenters. The van der Waals surface area contributed by atoms with E-state index < -0.39 is 5.97 Å². The number of hydrogen-bond donors (Lipinski definition) is 0. The number of carbonyl (C=O) groups excluding carboxylic acids is 1. The van der Waals surface area contributed by atoms with Crippen molar-refractivity contribution in [3.8, 4) is 11.5 Å². The molecule has 0 bridgehead atoms. The van der Waals surface area contributed by atoms with Gasteiger partial charge in [-0.05, 0) is 65.9 Å². The van der Waals surface area contributed by atoms with Gasteiger partial charge in [-0.15, -0.1) is 0 Å². The first-order chi connectivity index (χ1) is 16.0. The molecule has 5 heteroatoms. The minimum atomic E-state index is -0.465. The van der Waals surface area contributed by atoms with Crippen molar-refractivity contribution >= 4 is 17.9 Å². The van der Waals surface area contributed by atoms with E-state index in [-0.39, 0.29) is 5.70 Å². The second kappa shape index (κ2) is 10.2. The first-order valence-electron chi connectivity index (χ1n) is 11.0. The van der Waals surface area contributed by atoms with E-state index in [2.05, 4.69) is 44.0 Å². The topological polar surface area (TPSA) is 57.1 Å². The predicted molar refractivity (Wildman–Crippen MR) is 130 cm³/mol. The van der Waals surface area contributed by atoms with Crippen LogP contribution in [0.15, 0.2) is 83.5 Å². The molecule has 5 nitrogen and oxygen atoms in total. The number of carbonyl (C=O) groups is 1. The van der Waals surface area contributed by atoms with Gasteiger partial charge in [-0.3, -0.25) is 0 Å². The lowest BCUT2D eigenvalue weighted by atomic mass is 10.0. The van der Waals surface area contributed by atoms with Crippen LogP contribution in [0.25, 0.3) is 6.08 Å². The van der Waals surface area contributed by atoms with Gasteiger partial charge in [0.05, 0.1) is 0 Å². The fraction of sp³-hybridized carbons (Fsp3) is 0.214. The largest absolute Gasteiger partial charge is 0.490 e. The Balaban J connectivity index is 1.38. The molecular formula is C28H27NO4. The van der Waals surface area contributed by atoms with E-state index in [1.54, 1.807) is 6.08 Å². The third kappa shape index (κ3) is 5.69. The van der Waals surface area contributed by atoms with Crippen LogP contribution in [0.4, 0.5) is 0 Å². The highest BCUT2D eigenvalue weighted by molar-refractivity contribution is 6.12. The molecule has 0 N–H and O–H groups in total. The number of cyclic esters (lactones) is 1. The van der Waals surface area contributed by atoms with Crippen LogP contribution >= 0.6 is 0 Å². The summed E-state index contributed by atoms with van der Waals surface area (Å²) in [6.45, 7) is 7.21. The van der Waals surface area contributed by atoms with Gasteiger partial charge in [-0.1, -0.05) is 56.3 Å². The van der Waals surface area contributed by atoms with E-state index in [0.717, 1.165) is 16.9 Å². The van der Waals surface area contributed by atoms with Crippen molar-refractivity contribution in [2.45, 2.75) is 26.7 Å². The summed E-state index contributed by atoms with van der Waals surface area (Å²) < 4.78 is 17.2. The normalized spacial score (nSPS) is 14.4. The average Bonchev–Trinajstić information content (AvgIpc) is 3.17. The van der Waals surface area contributed by atoms with Gasteiger partial charge in [0.25, 0.3) is 0 Å². The number of aryl methyl sites for hydroxylation is 1. The highest BCUT2D eigenvalue weighted by atomic mass is 16.6. The SMILES string of the molecule is Cc1ccc(C(C)C)c(OCCOc2cccc(/C=C3/N=C(c4ccccc4)OC3=O)c2)c1. The molecule has 0 spiro atoms. The summed E-state index contributed by atoms with van der Waals surface area (Å²) in [5, 5.41) is 0. The molecule has 1 aliphatic rings. The zero-order chi connectivity index (χ0) is 23.2. The molecule has 0 aromatic heterocycles. The number of ether oxygens (including phenoxy) is 3. The Bertz CT molecular complexity index is 1200. The van der Waals surface area contributed by atoms with Crippen molar-refractivity contribution in [2.75, 3.05) is 13.2 Å². The molecule has 0 aliphatic carbocycles.